The summed E-state index contributed by atoms with van der Waals surface area (Å²) in [6.07, 6.45) is 2.95. The SMILES string of the molecule is N#Cc1ccccc1CC=C(c1ccccc1)c1ccccc1. The molecule has 0 bridgehead atoms. The normalized spacial score (nSPS) is 9.87. The van der Waals surface area contributed by atoms with Gasteiger partial charge in [0.15, 0.2) is 0 Å². The summed E-state index contributed by atoms with van der Waals surface area (Å²) in [5, 5.41) is 9.25. The molecule has 0 fully saturated rings. The van der Waals surface area contributed by atoms with Crippen LogP contribution in [0.3, 0.4) is 0 Å². The molecule has 0 N–H and O–H groups in total. The highest BCUT2D eigenvalue weighted by Gasteiger charge is 2.05. The lowest BCUT2D eigenvalue weighted by Crippen LogP contribution is -1.92. The number of nitrogens with zero attached hydrogens (tertiary/aromatic N) is 1. The van der Waals surface area contributed by atoms with Crippen LogP contribution in [0.5, 0.6) is 0 Å². The van der Waals surface area contributed by atoms with Gasteiger partial charge in [0.05, 0.1) is 11.6 Å². The van der Waals surface area contributed by atoms with Gasteiger partial charge < -0.3 is 0 Å². The molecule has 0 spiro atoms. The van der Waals surface area contributed by atoms with E-state index in [0.717, 1.165) is 17.5 Å². The fourth-order valence-electron chi connectivity index (χ4n) is 2.66. The summed E-state index contributed by atoms with van der Waals surface area (Å²) in [5.74, 6) is 0. The van der Waals surface area contributed by atoms with E-state index in [2.05, 4.69) is 60.7 Å². The van der Waals surface area contributed by atoms with Crippen molar-refractivity contribution in [2.45, 2.75) is 6.42 Å². The molecular formula is C22H17N. The third-order valence-electron chi connectivity index (χ3n) is 3.83. The lowest BCUT2D eigenvalue weighted by atomic mass is 9.95. The maximum atomic E-state index is 9.25. The van der Waals surface area contributed by atoms with Gasteiger partial charge in [0.2, 0.25) is 0 Å². The van der Waals surface area contributed by atoms with Gasteiger partial charge in [-0.05, 0) is 34.8 Å². The van der Waals surface area contributed by atoms with Crippen molar-refractivity contribution in [1.29, 1.82) is 5.26 Å². The van der Waals surface area contributed by atoms with Crippen LogP contribution in [0.4, 0.5) is 0 Å². The minimum absolute atomic E-state index is 0.739. The molecule has 1 heteroatoms. The summed E-state index contributed by atoms with van der Waals surface area (Å²) < 4.78 is 0. The molecule has 0 aromatic heterocycles. The highest BCUT2D eigenvalue weighted by molar-refractivity contribution is 5.79. The van der Waals surface area contributed by atoms with Gasteiger partial charge in [-0.25, -0.2) is 0 Å². The summed E-state index contributed by atoms with van der Waals surface area (Å²) in [7, 11) is 0. The minimum Gasteiger partial charge on any atom is -0.192 e. The van der Waals surface area contributed by atoms with Crippen LogP contribution in [0, 0.1) is 11.3 Å². The van der Waals surface area contributed by atoms with Crippen molar-refractivity contribution in [3.05, 3.63) is 113 Å². The van der Waals surface area contributed by atoms with E-state index in [1.54, 1.807) is 0 Å². The number of hydrogen-bond donors (Lipinski definition) is 0. The van der Waals surface area contributed by atoms with E-state index in [1.807, 2.05) is 36.4 Å². The predicted molar refractivity (Wildman–Crippen MR) is 94.8 cm³/mol. The average Bonchev–Trinajstić information content (AvgIpc) is 2.64. The van der Waals surface area contributed by atoms with Gasteiger partial charge in [0, 0.05) is 0 Å². The van der Waals surface area contributed by atoms with Crippen molar-refractivity contribution in [1.82, 2.24) is 0 Å². The largest absolute Gasteiger partial charge is 0.192 e. The summed E-state index contributed by atoms with van der Waals surface area (Å²) in [4.78, 5) is 0. The van der Waals surface area contributed by atoms with Gasteiger partial charge in [-0.3, -0.25) is 0 Å². The van der Waals surface area contributed by atoms with Crippen molar-refractivity contribution in [2.75, 3.05) is 0 Å². The van der Waals surface area contributed by atoms with Gasteiger partial charge in [-0.15, -0.1) is 0 Å². The van der Waals surface area contributed by atoms with Crippen LogP contribution >= 0.6 is 0 Å². The zero-order valence-electron chi connectivity index (χ0n) is 12.8. The van der Waals surface area contributed by atoms with Crippen LogP contribution in [0.15, 0.2) is 91.0 Å². The van der Waals surface area contributed by atoms with Crippen molar-refractivity contribution in [3.63, 3.8) is 0 Å². The van der Waals surface area contributed by atoms with Gasteiger partial charge in [-0.1, -0.05) is 84.9 Å². The molecule has 1 nitrogen and oxygen atoms in total. The second kappa shape index (κ2) is 7.24. The van der Waals surface area contributed by atoms with Crippen molar-refractivity contribution >= 4 is 5.57 Å². The first kappa shape index (κ1) is 14.8. The highest BCUT2D eigenvalue weighted by Crippen LogP contribution is 2.24. The Morgan fingerprint density at radius 1 is 0.739 bits per heavy atom. The lowest BCUT2D eigenvalue weighted by Gasteiger charge is -2.09. The topological polar surface area (TPSA) is 23.8 Å². The average molecular weight is 295 g/mol. The van der Waals surface area contributed by atoms with E-state index >= 15 is 0 Å². The molecule has 110 valence electrons. The number of hydrogen-bond acceptors (Lipinski definition) is 1. The van der Waals surface area contributed by atoms with E-state index in [-0.39, 0.29) is 0 Å². The molecule has 23 heavy (non-hydrogen) atoms. The van der Waals surface area contributed by atoms with Gasteiger partial charge in [0.25, 0.3) is 0 Å². The predicted octanol–water partition coefficient (Wildman–Crippen LogP) is 5.23. The maximum Gasteiger partial charge on any atom is 0.0994 e. The van der Waals surface area contributed by atoms with Crippen molar-refractivity contribution < 1.29 is 0 Å². The number of benzene rings is 3. The molecule has 0 heterocycles. The number of nitriles is 1. The first-order chi connectivity index (χ1) is 11.4. The van der Waals surface area contributed by atoms with Crippen LogP contribution < -0.4 is 0 Å². The van der Waals surface area contributed by atoms with Crippen LogP contribution in [-0.4, -0.2) is 0 Å². The summed E-state index contributed by atoms with van der Waals surface area (Å²) >= 11 is 0. The summed E-state index contributed by atoms with van der Waals surface area (Å²) in [5.41, 5.74) is 5.36. The minimum atomic E-state index is 0.739. The van der Waals surface area contributed by atoms with E-state index in [0.29, 0.717) is 0 Å². The molecule has 0 saturated heterocycles. The van der Waals surface area contributed by atoms with E-state index < -0.39 is 0 Å². The van der Waals surface area contributed by atoms with E-state index in [1.165, 1.54) is 16.7 Å². The van der Waals surface area contributed by atoms with Crippen LogP contribution in [0.2, 0.25) is 0 Å². The Balaban J connectivity index is 2.01. The van der Waals surface area contributed by atoms with Gasteiger partial charge >= 0.3 is 0 Å². The fourth-order valence-corrected chi connectivity index (χ4v) is 2.66. The zero-order chi connectivity index (χ0) is 15.9. The van der Waals surface area contributed by atoms with Gasteiger partial charge in [0.1, 0.15) is 0 Å². The molecular weight excluding hydrogens is 278 g/mol. The molecule has 0 aliphatic rings. The third kappa shape index (κ3) is 3.56. The smallest absolute Gasteiger partial charge is 0.0994 e. The van der Waals surface area contributed by atoms with Crippen LogP contribution in [0.25, 0.3) is 5.57 Å². The molecule has 0 amide bonds. The Kier molecular flexibility index (Phi) is 4.66. The Morgan fingerprint density at radius 2 is 1.26 bits per heavy atom. The standard InChI is InChI=1S/C22H17N/c23-17-21-14-8-7-9-18(21)15-16-22(19-10-3-1-4-11-19)20-12-5-2-6-13-20/h1-14,16H,15H2. The first-order valence-electron chi connectivity index (χ1n) is 7.67. The summed E-state index contributed by atoms with van der Waals surface area (Å²) in [6, 6.07) is 30.8. The fraction of sp³-hybridized carbons (Fsp3) is 0.0455. The molecule has 0 saturated carbocycles. The Morgan fingerprint density at radius 3 is 1.83 bits per heavy atom. The maximum absolute atomic E-state index is 9.25. The van der Waals surface area contributed by atoms with Gasteiger partial charge in [-0.2, -0.15) is 5.26 Å². The van der Waals surface area contributed by atoms with E-state index in [4.69, 9.17) is 0 Å². The highest BCUT2D eigenvalue weighted by atomic mass is 14.2. The van der Waals surface area contributed by atoms with Crippen LogP contribution in [-0.2, 0) is 6.42 Å². The molecule has 0 atom stereocenters. The Labute approximate surface area is 137 Å². The summed E-state index contributed by atoms with van der Waals surface area (Å²) in [6.45, 7) is 0. The molecule has 3 rings (SSSR count). The number of allylic oxidation sites excluding steroid dienone is 1. The second-order valence-electron chi connectivity index (χ2n) is 5.32. The number of rotatable bonds is 4. The monoisotopic (exact) mass is 295 g/mol. The Hall–Kier alpha value is -3.11. The van der Waals surface area contributed by atoms with Crippen molar-refractivity contribution in [3.8, 4) is 6.07 Å². The molecule has 0 radical (unpaired) electrons. The van der Waals surface area contributed by atoms with Crippen molar-refractivity contribution in [2.24, 2.45) is 0 Å². The zero-order valence-corrected chi connectivity index (χ0v) is 12.8. The van der Waals surface area contributed by atoms with Crippen LogP contribution in [0.1, 0.15) is 22.3 Å². The quantitative estimate of drug-likeness (QED) is 0.646. The Bertz CT molecular complexity index is 798. The molecule has 3 aromatic carbocycles. The molecule has 0 aliphatic carbocycles. The lowest BCUT2D eigenvalue weighted by molar-refractivity contribution is 1.24. The first-order valence-corrected chi connectivity index (χ1v) is 7.67. The van der Waals surface area contributed by atoms with E-state index in [9.17, 15) is 5.26 Å². The molecule has 3 aromatic rings. The molecule has 0 aliphatic heterocycles. The third-order valence-corrected chi connectivity index (χ3v) is 3.83. The molecule has 0 unspecified atom stereocenters. The second-order valence-corrected chi connectivity index (χ2v) is 5.32.